The van der Waals surface area contributed by atoms with Gasteiger partial charge in [0, 0.05) is 16.2 Å². The van der Waals surface area contributed by atoms with Crippen LogP contribution in [0.4, 0.5) is 0 Å². The fraction of sp³-hybridized carbons (Fsp3) is 0.267. The number of nitrogens with zero attached hydrogens (tertiary/aromatic N) is 3. The van der Waals surface area contributed by atoms with Gasteiger partial charge in [0.15, 0.2) is 0 Å². The lowest BCUT2D eigenvalue weighted by Gasteiger charge is -2.09. The molecule has 1 unspecified atom stereocenters. The van der Waals surface area contributed by atoms with Gasteiger partial charge in [0.2, 0.25) is 0 Å². The molecule has 2 rings (SSSR count). The van der Waals surface area contributed by atoms with Crippen molar-refractivity contribution in [1.29, 1.82) is 5.26 Å². The topological polar surface area (TPSA) is 49.6 Å². The molecule has 1 aromatic carbocycles. The third-order valence-corrected chi connectivity index (χ3v) is 3.52. The van der Waals surface area contributed by atoms with Crippen molar-refractivity contribution < 1.29 is 0 Å². The van der Waals surface area contributed by atoms with Crippen LogP contribution in [0.25, 0.3) is 11.3 Å². The van der Waals surface area contributed by atoms with Gasteiger partial charge in [0.05, 0.1) is 11.8 Å². The summed E-state index contributed by atoms with van der Waals surface area (Å²) in [5, 5.41) is 9.10. The SMILES string of the molecule is CCC(C#N)c1nccc(-c2cc(Br)ccc2C)n1. The lowest BCUT2D eigenvalue weighted by molar-refractivity contribution is 0.751. The highest BCUT2D eigenvalue weighted by molar-refractivity contribution is 9.10. The van der Waals surface area contributed by atoms with Crippen LogP contribution in [0.3, 0.4) is 0 Å². The first kappa shape index (κ1) is 13.7. The van der Waals surface area contributed by atoms with E-state index >= 15 is 0 Å². The maximum absolute atomic E-state index is 9.10. The molecular weight excluding hydrogens is 302 g/mol. The Kier molecular flexibility index (Phi) is 4.28. The molecule has 0 saturated carbocycles. The van der Waals surface area contributed by atoms with Gasteiger partial charge in [-0.3, -0.25) is 0 Å². The zero-order valence-electron chi connectivity index (χ0n) is 10.9. The molecule has 19 heavy (non-hydrogen) atoms. The number of nitriles is 1. The van der Waals surface area contributed by atoms with Crippen molar-refractivity contribution in [2.24, 2.45) is 0 Å². The Morgan fingerprint density at radius 1 is 1.37 bits per heavy atom. The number of benzene rings is 1. The first-order valence-electron chi connectivity index (χ1n) is 6.14. The molecular formula is C15H14BrN3. The molecule has 0 amide bonds. The summed E-state index contributed by atoms with van der Waals surface area (Å²) >= 11 is 3.47. The minimum absolute atomic E-state index is 0.243. The summed E-state index contributed by atoms with van der Waals surface area (Å²) in [7, 11) is 0. The van der Waals surface area contributed by atoms with E-state index in [9.17, 15) is 0 Å². The minimum atomic E-state index is -0.243. The van der Waals surface area contributed by atoms with Gasteiger partial charge in [-0.15, -0.1) is 0 Å². The standard InChI is InChI=1S/C15H14BrN3/c1-3-11(9-17)15-18-7-6-14(19-15)13-8-12(16)5-4-10(13)2/h4-8,11H,3H2,1-2H3. The maximum atomic E-state index is 9.10. The van der Waals surface area contributed by atoms with Gasteiger partial charge in [-0.25, -0.2) is 9.97 Å². The molecule has 4 heteroatoms. The zero-order valence-corrected chi connectivity index (χ0v) is 12.5. The van der Waals surface area contributed by atoms with Crippen LogP contribution in [0.2, 0.25) is 0 Å². The Hall–Kier alpha value is -1.73. The van der Waals surface area contributed by atoms with Gasteiger partial charge in [-0.2, -0.15) is 5.26 Å². The molecule has 0 aliphatic rings. The Bertz CT molecular complexity index is 632. The first-order valence-corrected chi connectivity index (χ1v) is 6.94. The molecule has 96 valence electrons. The summed E-state index contributed by atoms with van der Waals surface area (Å²) in [4.78, 5) is 8.75. The quantitative estimate of drug-likeness (QED) is 0.851. The molecule has 0 aliphatic carbocycles. The number of aromatic nitrogens is 2. The zero-order chi connectivity index (χ0) is 13.8. The molecule has 0 N–H and O–H groups in total. The molecule has 3 nitrogen and oxygen atoms in total. The minimum Gasteiger partial charge on any atom is -0.240 e. The van der Waals surface area contributed by atoms with Gasteiger partial charge in [-0.05, 0) is 37.1 Å². The first-order chi connectivity index (χ1) is 9.15. The summed E-state index contributed by atoms with van der Waals surface area (Å²) in [6, 6.07) is 10.2. The Balaban J connectivity index is 2.49. The second-order valence-electron chi connectivity index (χ2n) is 4.35. The van der Waals surface area contributed by atoms with E-state index in [0.717, 1.165) is 27.7 Å². The molecule has 0 aliphatic heterocycles. The Morgan fingerprint density at radius 3 is 2.84 bits per heavy atom. The highest BCUT2D eigenvalue weighted by Crippen LogP contribution is 2.26. The van der Waals surface area contributed by atoms with Crippen LogP contribution in [-0.4, -0.2) is 9.97 Å². The van der Waals surface area contributed by atoms with Crippen LogP contribution < -0.4 is 0 Å². The van der Waals surface area contributed by atoms with Crippen molar-refractivity contribution in [3.05, 3.63) is 46.3 Å². The van der Waals surface area contributed by atoms with Crippen molar-refractivity contribution in [3.63, 3.8) is 0 Å². The van der Waals surface area contributed by atoms with Crippen LogP contribution in [0.5, 0.6) is 0 Å². The van der Waals surface area contributed by atoms with E-state index in [4.69, 9.17) is 5.26 Å². The number of rotatable bonds is 3. The van der Waals surface area contributed by atoms with Crippen LogP contribution in [-0.2, 0) is 0 Å². The summed E-state index contributed by atoms with van der Waals surface area (Å²) < 4.78 is 1.01. The predicted octanol–water partition coefficient (Wildman–Crippen LogP) is 4.23. The largest absolute Gasteiger partial charge is 0.240 e. The molecule has 0 spiro atoms. The van der Waals surface area contributed by atoms with Crippen LogP contribution in [0, 0.1) is 18.3 Å². The lowest BCUT2D eigenvalue weighted by Crippen LogP contribution is -2.02. The summed E-state index contributed by atoms with van der Waals surface area (Å²) in [5.41, 5.74) is 3.07. The van der Waals surface area contributed by atoms with Gasteiger partial charge in [0.25, 0.3) is 0 Å². The highest BCUT2D eigenvalue weighted by atomic mass is 79.9. The third-order valence-electron chi connectivity index (χ3n) is 3.03. The van der Waals surface area contributed by atoms with E-state index in [1.54, 1.807) is 6.20 Å². The number of halogens is 1. The van der Waals surface area contributed by atoms with E-state index in [1.165, 1.54) is 0 Å². The van der Waals surface area contributed by atoms with Crippen molar-refractivity contribution in [1.82, 2.24) is 9.97 Å². The smallest absolute Gasteiger partial charge is 0.146 e. The molecule has 0 radical (unpaired) electrons. The monoisotopic (exact) mass is 315 g/mol. The third kappa shape index (κ3) is 2.99. The molecule has 0 saturated heterocycles. The number of hydrogen-bond donors (Lipinski definition) is 0. The van der Waals surface area contributed by atoms with Crippen molar-refractivity contribution in [3.8, 4) is 17.3 Å². The van der Waals surface area contributed by atoms with Crippen LogP contribution in [0.1, 0.15) is 30.7 Å². The van der Waals surface area contributed by atoms with Crippen LogP contribution >= 0.6 is 15.9 Å². The molecule has 0 fully saturated rings. The van der Waals surface area contributed by atoms with E-state index in [-0.39, 0.29) is 5.92 Å². The van der Waals surface area contributed by atoms with Gasteiger partial charge < -0.3 is 0 Å². The van der Waals surface area contributed by atoms with Gasteiger partial charge in [0.1, 0.15) is 11.7 Å². The van der Waals surface area contributed by atoms with Crippen LogP contribution in [0.15, 0.2) is 34.9 Å². The van der Waals surface area contributed by atoms with E-state index in [2.05, 4.69) is 32.0 Å². The van der Waals surface area contributed by atoms with Gasteiger partial charge >= 0.3 is 0 Å². The molecule has 2 aromatic rings. The maximum Gasteiger partial charge on any atom is 0.146 e. The van der Waals surface area contributed by atoms with Gasteiger partial charge in [-0.1, -0.05) is 28.9 Å². The summed E-state index contributed by atoms with van der Waals surface area (Å²) in [6.07, 6.45) is 2.44. The normalized spacial score (nSPS) is 11.9. The number of aryl methyl sites for hydroxylation is 1. The predicted molar refractivity (Wildman–Crippen MR) is 78.6 cm³/mol. The van der Waals surface area contributed by atoms with E-state index in [0.29, 0.717) is 5.82 Å². The average molecular weight is 316 g/mol. The average Bonchev–Trinajstić information content (AvgIpc) is 2.43. The highest BCUT2D eigenvalue weighted by Gasteiger charge is 2.13. The fourth-order valence-electron chi connectivity index (χ4n) is 1.89. The number of hydrogen-bond acceptors (Lipinski definition) is 3. The second-order valence-corrected chi connectivity index (χ2v) is 5.26. The van der Waals surface area contributed by atoms with Crippen molar-refractivity contribution in [2.45, 2.75) is 26.2 Å². The Labute approximate surface area is 121 Å². The molecule has 1 heterocycles. The fourth-order valence-corrected chi connectivity index (χ4v) is 2.25. The lowest BCUT2D eigenvalue weighted by atomic mass is 10.0. The van der Waals surface area contributed by atoms with E-state index in [1.807, 2.05) is 38.1 Å². The van der Waals surface area contributed by atoms with Crippen molar-refractivity contribution in [2.75, 3.05) is 0 Å². The summed E-state index contributed by atoms with van der Waals surface area (Å²) in [5.74, 6) is 0.356. The second kappa shape index (κ2) is 5.94. The van der Waals surface area contributed by atoms with E-state index < -0.39 is 0 Å². The molecule has 1 atom stereocenters. The van der Waals surface area contributed by atoms with Crippen molar-refractivity contribution >= 4 is 15.9 Å². The Morgan fingerprint density at radius 2 is 2.16 bits per heavy atom. The molecule has 0 bridgehead atoms. The summed E-state index contributed by atoms with van der Waals surface area (Å²) in [6.45, 7) is 4.01. The molecule has 1 aromatic heterocycles.